The number of primary amides is 2. The first kappa shape index (κ1) is 18.3. The molecule has 8 heteroatoms. The molecule has 2 aromatic rings. The molecule has 2 rings (SSSR count). The molecule has 0 saturated carbocycles. The van der Waals surface area contributed by atoms with E-state index in [4.69, 9.17) is 21.5 Å². The highest BCUT2D eigenvalue weighted by Gasteiger charge is 2.16. The van der Waals surface area contributed by atoms with Gasteiger partial charge in [0.15, 0.2) is 0 Å². The second kappa shape index (κ2) is 8.70. The van der Waals surface area contributed by atoms with Crippen LogP contribution in [0.3, 0.4) is 0 Å². The van der Waals surface area contributed by atoms with Gasteiger partial charge in [-0.2, -0.15) is 5.26 Å². The van der Waals surface area contributed by atoms with Crippen LogP contribution in [0.2, 0.25) is 0 Å². The maximum Gasteiger partial charge on any atom is 0.317 e. The predicted octanol–water partition coefficient (Wildman–Crippen LogP) is 3.08. The summed E-state index contributed by atoms with van der Waals surface area (Å²) >= 11 is 1.22. The second-order valence-corrected chi connectivity index (χ2v) is 6.25. The van der Waals surface area contributed by atoms with Gasteiger partial charge in [-0.05, 0) is 48.7 Å². The molecule has 1 aromatic heterocycles. The molecule has 25 heavy (non-hydrogen) atoms. The van der Waals surface area contributed by atoms with Crippen molar-refractivity contribution < 1.29 is 14.3 Å². The summed E-state index contributed by atoms with van der Waals surface area (Å²) in [6.45, 7) is 0.554. The minimum absolute atomic E-state index is 0.219. The molecule has 0 aliphatic carbocycles. The maximum atomic E-state index is 11.5. The van der Waals surface area contributed by atoms with Crippen molar-refractivity contribution in [3.8, 4) is 22.3 Å². The topological polar surface area (TPSA) is 131 Å². The molecule has 0 radical (unpaired) electrons. The standard InChI is InChI=1S/C17H18N4O3S/c18-8-2-1-3-9-24-12-6-4-11(5-7-12)14-10-13(15(19)22)16(25-14)21-17(20)23/h4-7,10H,1-3,9H2,(H2,19,22)(H3,20,21,23). The lowest BCUT2D eigenvalue weighted by molar-refractivity contribution is 0.100. The number of carbonyl (C=O) groups excluding carboxylic acids is 2. The van der Waals surface area contributed by atoms with Crippen LogP contribution in [0.25, 0.3) is 10.4 Å². The summed E-state index contributed by atoms with van der Waals surface area (Å²) in [6.07, 6.45) is 2.17. The SMILES string of the molecule is N#CCCCCOc1ccc(-c2cc(C(N)=O)c(NC(N)=O)s2)cc1. The first-order valence-electron chi connectivity index (χ1n) is 7.61. The van der Waals surface area contributed by atoms with E-state index in [-0.39, 0.29) is 5.56 Å². The van der Waals surface area contributed by atoms with Gasteiger partial charge < -0.3 is 16.2 Å². The van der Waals surface area contributed by atoms with Crippen LogP contribution in [0, 0.1) is 11.3 Å². The summed E-state index contributed by atoms with van der Waals surface area (Å²) in [5, 5.41) is 11.2. The molecule has 0 unspecified atom stereocenters. The summed E-state index contributed by atoms with van der Waals surface area (Å²) in [6, 6.07) is 10.3. The molecule has 3 amide bonds. The Kier molecular flexibility index (Phi) is 6.37. The lowest BCUT2D eigenvalue weighted by atomic mass is 10.1. The molecule has 1 heterocycles. The van der Waals surface area contributed by atoms with Crippen molar-refractivity contribution in [1.29, 1.82) is 5.26 Å². The number of nitrogens with one attached hydrogen (secondary N) is 1. The third-order valence-electron chi connectivity index (χ3n) is 3.32. The lowest BCUT2D eigenvalue weighted by Gasteiger charge is -2.06. The zero-order chi connectivity index (χ0) is 18.2. The molecule has 0 saturated heterocycles. The summed E-state index contributed by atoms with van der Waals surface area (Å²) in [5.41, 5.74) is 11.5. The van der Waals surface area contributed by atoms with Crippen molar-refractivity contribution in [2.24, 2.45) is 11.5 Å². The number of urea groups is 1. The number of benzene rings is 1. The fraction of sp³-hybridized carbons (Fsp3) is 0.235. The minimum atomic E-state index is -0.754. The van der Waals surface area contributed by atoms with Crippen molar-refractivity contribution in [3.63, 3.8) is 0 Å². The van der Waals surface area contributed by atoms with Crippen molar-refractivity contribution >= 4 is 28.3 Å². The van der Waals surface area contributed by atoms with Crippen molar-refractivity contribution in [2.45, 2.75) is 19.3 Å². The smallest absolute Gasteiger partial charge is 0.317 e. The molecule has 0 atom stereocenters. The van der Waals surface area contributed by atoms with Crippen LogP contribution in [0.5, 0.6) is 5.75 Å². The third kappa shape index (κ3) is 5.22. The Labute approximate surface area is 149 Å². The van der Waals surface area contributed by atoms with Gasteiger partial charge in [0, 0.05) is 11.3 Å². The predicted molar refractivity (Wildman–Crippen MR) is 96.4 cm³/mol. The van der Waals surface area contributed by atoms with Crippen molar-refractivity contribution in [3.05, 3.63) is 35.9 Å². The molecule has 0 bridgehead atoms. The number of nitrogens with zero attached hydrogens (tertiary/aromatic N) is 1. The number of ether oxygens (including phenoxy) is 1. The number of thiophene rings is 1. The second-order valence-electron chi connectivity index (χ2n) is 5.20. The normalized spacial score (nSPS) is 10.0. The van der Waals surface area contributed by atoms with Gasteiger partial charge in [0.25, 0.3) is 5.91 Å². The zero-order valence-electron chi connectivity index (χ0n) is 13.5. The van der Waals surface area contributed by atoms with E-state index < -0.39 is 11.9 Å². The largest absolute Gasteiger partial charge is 0.494 e. The maximum absolute atomic E-state index is 11.5. The molecule has 5 N–H and O–H groups in total. The van der Waals surface area contributed by atoms with Crippen LogP contribution < -0.4 is 21.5 Å². The molecule has 7 nitrogen and oxygen atoms in total. The summed E-state index contributed by atoms with van der Waals surface area (Å²) < 4.78 is 5.61. The quantitative estimate of drug-likeness (QED) is 0.626. The summed E-state index contributed by atoms with van der Waals surface area (Å²) in [4.78, 5) is 23.3. The number of nitriles is 1. The van der Waals surface area contributed by atoms with E-state index in [9.17, 15) is 9.59 Å². The van der Waals surface area contributed by atoms with Gasteiger partial charge in [-0.15, -0.1) is 11.3 Å². The Morgan fingerprint density at radius 1 is 1.20 bits per heavy atom. The molecule has 130 valence electrons. The summed E-state index contributed by atoms with van der Waals surface area (Å²) in [7, 11) is 0. The van der Waals surface area contributed by atoms with Crippen LogP contribution in [0.4, 0.5) is 9.80 Å². The molecule has 0 fully saturated rings. The molecule has 0 spiro atoms. The van der Waals surface area contributed by atoms with Gasteiger partial charge in [-0.25, -0.2) is 4.79 Å². The van der Waals surface area contributed by atoms with E-state index in [1.807, 2.05) is 24.3 Å². The van der Waals surface area contributed by atoms with Crippen LogP contribution in [0.1, 0.15) is 29.6 Å². The fourth-order valence-corrected chi connectivity index (χ4v) is 3.20. The molecule has 0 aliphatic rings. The van der Waals surface area contributed by atoms with Gasteiger partial charge in [0.1, 0.15) is 10.8 Å². The highest BCUT2D eigenvalue weighted by molar-refractivity contribution is 7.20. The van der Waals surface area contributed by atoms with Gasteiger partial charge in [-0.1, -0.05) is 0 Å². The van der Waals surface area contributed by atoms with Crippen molar-refractivity contribution in [2.75, 3.05) is 11.9 Å². The molecular formula is C17H18N4O3S. The Morgan fingerprint density at radius 3 is 2.52 bits per heavy atom. The third-order valence-corrected chi connectivity index (χ3v) is 4.42. The number of rotatable bonds is 8. The van der Waals surface area contributed by atoms with Crippen LogP contribution in [0.15, 0.2) is 30.3 Å². The molecular weight excluding hydrogens is 340 g/mol. The minimum Gasteiger partial charge on any atom is -0.494 e. The average Bonchev–Trinajstić information content (AvgIpc) is 2.98. The van der Waals surface area contributed by atoms with E-state index in [1.54, 1.807) is 6.07 Å². The van der Waals surface area contributed by atoms with E-state index >= 15 is 0 Å². The highest BCUT2D eigenvalue weighted by Crippen LogP contribution is 2.35. The first-order chi connectivity index (χ1) is 12.0. The van der Waals surface area contributed by atoms with Crippen LogP contribution in [-0.4, -0.2) is 18.5 Å². The van der Waals surface area contributed by atoms with E-state index in [0.29, 0.717) is 18.0 Å². The van der Waals surface area contributed by atoms with Gasteiger partial charge in [0.05, 0.1) is 18.2 Å². The summed E-state index contributed by atoms with van der Waals surface area (Å²) in [5.74, 6) is 0.0893. The van der Waals surface area contributed by atoms with E-state index in [2.05, 4.69) is 11.4 Å². The first-order valence-corrected chi connectivity index (χ1v) is 8.43. The van der Waals surface area contributed by atoms with Crippen molar-refractivity contribution in [1.82, 2.24) is 0 Å². The van der Waals surface area contributed by atoms with Crippen LogP contribution in [-0.2, 0) is 0 Å². The van der Waals surface area contributed by atoms with Gasteiger partial charge in [-0.3, -0.25) is 10.1 Å². The number of nitrogens with two attached hydrogens (primary N) is 2. The molecule has 1 aromatic carbocycles. The average molecular weight is 358 g/mol. The van der Waals surface area contributed by atoms with E-state index in [0.717, 1.165) is 29.0 Å². The molecule has 0 aliphatic heterocycles. The highest BCUT2D eigenvalue weighted by atomic mass is 32.1. The van der Waals surface area contributed by atoms with Gasteiger partial charge >= 0.3 is 6.03 Å². The number of amides is 3. The van der Waals surface area contributed by atoms with E-state index in [1.165, 1.54) is 11.3 Å². The Bertz CT molecular complexity index is 793. The monoisotopic (exact) mass is 358 g/mol. The number of hydrogen-bond donors (Lipinski definition) is 3. The number of anilines is 1. The van der Waals surface area contributed by atoms with Crippen LogP contribution >= 0.6 is 11.3 Å². The number of hydrogen-bond acceptors (Lipinski definition) is 5. The Balaban J connectivity index is 2.07. The Morgan fingerprint density at radius 2 is 1.92 bits per heavy atom. The zero-order valence-corrected chi connectivity index (χ0v) is 14.3. The number of carbonyl (C=O) groups is 2. The lowest BCUT2D eigenvalue weighted by Crippen LogP contribution is -2.21. The fourth-order valence-electron chi connectivity index (χ4n) is 2.13. The Hall–Kier alpha value is -3.05. The number of unbranched alkanes of at least 4 members (excludes halogenated alkanes) is 2. The van der Waals surface area contributed by atoms with Gasteiger partial charge in [0.2, 0.25) is 0 Å².